The van der Waals surface area contributed by atoms with Crippen molar-refractivity contribution in [2.45, 2.75) is 58.7 Å². The van der Waals surface area contributed by atoms with Gasteiger partial charge in [0.25, 0.3) is 0 Å². The largest absolute Gasteiger partial charge is 0.372 e. The highest BCUT2D eigenvalue weighted by molar-refractivity contribution is 5.39. The zero-order chi connectivity index (χ0) is 19.4. The molecule has 0 amide bonds. The van der Waals surface area contributed by atoms with E-state index in [9.17, 15) is 0 Å². The molecule has 1 fully saturated rings. The molecule has 0 saturated carbocycles. The second-order valence-electron chi connectivity index (χ2n) is 8.55. The molecule has 0 bridgehead atoms. The first-order chi connectivity index (χ1) is 12.8. The third-order valence-electron chi connectivity index (χ3n) is 5.50. The van der Waals surface area contributed by atoms with Gasteiger partial charge in [0, 0.05) is 18.5 Å². The Balaban J connectivity index is 1.68. The minimum atomic E-state index is 0.0186. The summed E-state index contributed by atoms with van der Waals surface area (Å²) in [6.45, 7) is 13.1. The van der Waals surface area contributed by atoms with Gasteiger partial charge in [-0.25, -0.2) is 0 Å². The fraction of sp³-hybridized carbons (Fsp3) is 0.440. The summed E-state index contributed by atoms with van der Waals surface area (Å²) in [6.07, 6.45) is 3.92. The molecular weight excluding hydrogens is 330 g/mol. The van der Waals surface area contributed by atoms with Gasteiger partial charge in [-0.3, -0.25) is 0 Å². The highest BCUT2D eigenvalue weighted by Crippen LogP contribution is 2.31. The first-order valence-electron chi connectivity index (χ1n) is 10.1. The van der Waals surface area contributed by atoms with E-state index in [2.05, 4.69) is 100 Å². The van der Waals surface area contributed by atoms with Crippen LogP contribution in [-0.2, 0) is 16.6 Å². The molecule has 0 aromatic heterocycles. The summed E-state index contributed by atoms with van der Waals surface area (Å²) in [7, 11) is 0. The molecular formula is C25H33NO. The van der Waals surface area contributed by atoms with Gasteiger partial charge in [-0.1, -0.05) is 74.0 Å². The summed E-state index contributed by atoms with van der Waals surface area (Å²) in [5.74, 6) is 0. The lowest BCUT2D eigenvalue weighted by atomic mass is 9.78. The Bertz CT molecular complexity index is 751. The van der Waals surface area contributed by atoms with Crippen molar-refractivity contribution in [1.82, 2.24) is 4.90 Å². The van der Waals surface area contributed by atoms with Crippen molar-refractivity contribution in [2.75, 3.05) is 13.1 Å². The van der Waals surface area contributed by atoms with E-state index in [1.54, 1.807) is 0 Å². The van der Waals surface area contributed by atoms with E-state index >= 15 is 0 Å². The van der Waals surface area contributed by atoms with Gasteiger partial charge in [-0.15, -0.1) is 0 Å². The lowest BCUT2D eigenvalue weighted by Crippen LogP contribution is -2.42. The standard InChI is InChI=1S/C25H33NO/c1-19(16-26-17-20(2)27-21(3)18-26)15-22-11-13-24(14-12-22)25(4,5)23-9-7-6-8-10-23/h6-14,16,20-21H,15,17-18H2,1-5H3. The molecule has 0 spiro atoms. The Morgan fingerprint density at radius 1 is 0.963 bits per heavy atom. The number of nitrogens with zero attached hydrogens (tertiary/aromatic N) is 1. The van der Waals surface area contributed by atoms with Gasteiger partial charge in [-0.05, 0) is 50.1 Å². The summed E-state index contributed by atoms with van der Waals surface area (Å²) >= 11 is 0. The number of hydrogen-bond donors (Lipinski definition) is 0. The number of allylic oxidation sites excluding steroid dienone is 1. The fourth-order valence-electron chi connectivity index (χ4n) is 4.06. The Morgan fingerprint density at radius 3 is 2.11 bits per heavy atom. The molecule has 2 aromatic rings. The number of benzene rings is 2. The molecule has 0 N–H and O–H groups in total. The minimum Gasteiger partial charge on any atom is -0.372 e. The molecule has 2 aromatic carbocycles. The average Bonchev–Trinajstić information content (AvgIpc) is 2.62. The first-order valence-corrected chi connectivity index (χ1v) is 10.1. The summed E-state index contributed by atoms with van der Waals surface area (Å²) in [5.41, 5.74) is 5.49. The quantitative estimate of drug-likeness (QED) is 0.689. The van der Waals surface area contributed by atoms with Crippen LogP contribution in [0.25, 0.3) is 0 Å². The van der Waals surface area contributed by atoms with E-state index in [1.165, 1.54) is 22.3 Å². The molecule has 27 heavy (non-hydrogen) atoms. The molecule has 0 radical (unpaired) electrons. The zero-order valence-corrected chi connectivity index (χ0v) is 17.4. The van der Waals surface area contributed by atoms with Gasteiger partial charge < -0.3 is 9.64 Å². The SMILES string of the molecule is CC(=CN1CC(C)OC(C)C1)Cc1ccc(C(C)(C)c2ccccc2)cc1. The molecule has 1 aliphatic heterocycles. The van der Waals surface area contributed by atoms with E-state index in [4.69, 9.17) is 4.74 Å². The first kappa shape index (κ1) is 19.7. The van der Waals surface area contributed by atoms with Crippen molar-refractivity contribution in [3.8, 4) is 0 Å². The van der Waals surface area contributed by atoms with E-state index in [1.807, 2.05) is 0 Å². The van der Waals surface area contributed by atoms with Crippen LogP contribution < -0.4 is 0 Å². The lowest BCUT2D eigenvalue weighted by molar-refractivity contribution is -0.0543. The maximum atomic E-state index is 5.83. The predicted octanol–water partition coefficient (Wildman–Crippen LogP) is 5.57. The van der Waals surface area contributed by atoms with Gasteiger partial charge in [0.05, 0.1) is 12.2 Å². The molecule has 1 heterocycles. The second-order valence-corrected chi connectivity index (χ2v) is 8.55. The smallest absolute Gasteiger partial charge is 0.0726 e. The molecule has 2 heteroatoms. The van der Waals surface area contributed by atoms with Gasteiger partial charge in [0.15, 0.2) is 0 Å². The maximum absolute atomic E-state index is 5.83. The van der Waals surface area contributed by atoms with Crippen molar-refractivity contribution in [2.24, 2.45) is 0 Å². The van der Waals surface area contributed by atoms with Crippen LogP contribution in [0.15, 0.2) is 66.4 Å². The third-order valence-corrected chi connectivity index (χ3v) is 5.50. The van der Waals surface area contributed by atoms with E-state index in [0.717, 1.165) is 19.5 Å². The molecule has 0 aliphatic carbocycles. The lowest BCUT2D eigenvalue weighted by Gasteiger charge is -2.35. The molecule has 2 unspecified atom stereocenters. The summed E-state index contributed by atoms with van der Waals surface area (Å²) in [6, 6.07) is 19.9. The average molecular weight is 364 g/mol. The summed E-state index contributed by atoms with van der Waals surface area (Å²) in [4.78, 5) is 2.40. The van der Waals surface area contributed by atoms with Crippen LogP contribution in [0, 0.1) is 0 Å². The van der Waals surface area contributed by atoms with Crippen molar-refractivity contribution < 1.29 is 4.74 Å². The number of hydrogen-bond acceptors (Lipinski definition) is 2. The summed E-state index contributed by atoms with van der Waals surface area (Å²) < 4.78 is 5.83. The van der Waals surface area contributed by atoms with Crippen LogP contribution in [0.2, 0.25) is 0 Å². The van der Waals surface area contributed by atoms with Gasteiger partial charge in [-0.2, -0.15) is 0 Å². The zero-order valence-electron chi connectivity index (χ0n) is 17.4. The number of morpholine rings is 1. The van der Waals surface area contributed by atoms with E-state index < -0.39 is 0 Å². The molecule has 2 nitrogen and oxygen atoms in total. The van der Waals surface area contributed by atoms with Gasteiger partial charge in [0.2, 0.25) is 0 Å². The van der Waals surface area contributed by atoms with Crippen LogP contribution in [0.5, 0.6) is 0 Å². The van der Waals surface area contributed by atoms with Gasteiger partial charge in [0.1, 0.15) is 0 Å². The predicted molar refractivity (Wildman–Crippen MR) is 114 cm³/mol. The fourth-order valence-corrected chi connectivity index (χ4v) is 4.06. The number of rotatable bonds is 5. The third kappa shape index (κ3) is 5.01. The van der Waals surface area contributed by atoms with Crippen LogP contribution in [-0.4, -0.2) is 30.2 Å². The molecule has 1 saturated heterocycles. The minimum absolute atomic E-state index is 0.0186. The maximum Gasteiger partial charge on any atom is 0.0726 e. The van der Waals surface area contributed by atoms with Crippen LogP contribution in [0.1, 0.15) is 51.3 Å². The molecule has 3 rings (SSSR count). The monoisotopic (exact) mass is 363 g/mol. The molecule has 1 aliphatic rings. The Morgan fingerprint density at radius 2 is 1.52 bits per heavy atom. The Hall–Kier alpha value is -2.06. The van der Waals surface area contributed by atoms with Crippen molar-refractivity contribution in [1.29, 1.82) is 0 Å². The van der Waals surface area contributed by atoms with Crippen LogP contribution in [0.3, 0.4) is 0 Å². The van der Waals surface area contributed by atoms with Crippen LogP contribution in [0.4, 0.5) is 0 Å². The highest BCUT2D eigenvalue weighted by atomic mass is 16.5. The van der Waals surface area contributed by atoms with E-state index in [-0.39, 0.29) is 5.41 Å². The Kier molecular flexibility index (Phi) is 6.06. The normalized spacial score (nSPS) is 21.4. The number of ether oxygens (including phenoxy) is 1. The topological polar surface area (TPSA) is 12.5 Å². The van der Waals surface area contributed by atoms with Crippen molar-refractivity contribution in [3.63, 3.8) is 0 Å². The molecule has 144 valence electrons. The van der Waals surface area contributed by atoms with E-state index in [0.29, 0.717) is 12.2 Å². The van der Waals surface area contributed by atoms with Crippen molar-refractivity contribution >= 4 is 0 Å². The summed E-state index contributed by atoms with van der Waals surface area (Å²) in [5, 5.41) is 0. The highest BCUT2D eigenvalue weighted by Gasteiger charge is 2.23. The second kappa shape index (κ2) is 8.31. The van der Waals surface area contributed by atoms with Gasteiger partial charge >= 0.3 is 0 Å². The Labute approximate surface area is 164 Å². The van der Waals surface area contributed by atoms with Crippen LogP contribution >= 0.6 is 0 Å². The molecule has 2 atom stereocenters. The van der Waals surface area contributed by atoms with Crippen molar-refractivity contribution in [3.05, 3.63) is 83.1 Å².